The summed E-state index contributed by atoms with van der Waals surface area (Å²) in [6.45, 7) is 3.72. The SMILES string of the molecule is CN=Cc1oc(C)nc1C. The monoisotopic (exact) mass is 138 g/mol. The van der Waals surface area contributed by atoms with E-state index in [9.17, 15) is 0 Å². The van der Waals surface area contributed by atoms with E-state index in [1.165, 1.54) is 0 Å². The van der Waals surface area contributed by atoms with Gasteiger partial charge in [-0.1, -0.05) is 0 Å². The van der Waals surface area contributed by atoms with Crippen molar-refractivity contribution in [1.82, 2.24) is 4.98 Å². The van der Waals surface area contributed by atoms with Crippen molar-refractivity contribution in [2.75, 3.05) is 7.05 Å². The van der Waals surface area contributed by atoms with Gasteiger partial charge in [0.05, 0.1) is 11.9 Å². The highest BCUT2D eigenvalue weighted by Gasteiger charge is 2.01. The molecule has 1 rings (SSSR count). The highest BCUT2D eigenvalue weighted by atomic mass is 16.4. The molecule has 1 aromatic rings. The van der Waals surface area contributed by atoms with Crippen LogP contribution in [0.1, 0.15) is 17.3 Å². The lowest BCUT2D eigenvalue weighted by Crippen LogP contribution is -1.79. The Labute approximate surface area is 59.8 Å². The van der Waals surface area contributed by atoms with Crippen LogP contribution >= 0.6 is 0 Å². The van der Waals surface area contributed by atoms with Crippen LogP contribution in [0.3, 0.4) is 0 Å². The Balaban J connectivity index is 3.03. The van der Waals surface area contributed by atoms with Gasteiger partial charge in [0, 0.05) is 14.0 Å². The number of aliphatic imine (C=N–C) groups is 1. The maximum Gasteiger partial charge on any atom is 0.192 e. The first-order chi connectivity index (χ1) is 4.74. The summed E-state index contributed by atoms with van der Waals surface area (Å²) in [5, 5.41) is 0. The number of hydrogen-bond acceptors (Lipinski definition) is 3. The third kappa shape index (κ3) is 1.23. The van der Waals surface area contributed by atoms with E-state index in [4.69, 9.17) is 4.42 Å². The lowest BCUT2D eigenvalue weighted by molar-refractivity contribution is 0.515. The molecule has 0 aromatic carbocycles. The highest BCUT2D eigenvalue weighted by Crippen LogP contribution is 2.05. The Hall–Kier alpha value is -1.12. The molecule has 0 saturated heterocycles. The predicted molar refractivity (Wildman–Crippen MR) is 39.5 cm³/mol. The van der Waals surface area contributed by atoms with Gasteiger partial charge < -0.3 is 4.42 Å². The molecule has 54 valence electrons. The summed E-state index contributed by atoms with van der Waals surface area (Å²) in [5.41, 5.74) is 0.892. The fraction of sp³-hybridized carbons (Fsp3) is 0.429. The molecule has 0 saturated carbocycles. The zero-order valence-corrected chi connectivity index (χ0v) is 6.38. The third-order valence-electron chi connectivity index (χ3n) is 1.19. The van der Waals surface area contributed by atoms with Crippen molar-refractivity contribution in [2.45, 2.75) is 13.8 Å². The summed E-state index contributed by atoms with van der Waals surface area (Å²) >= 11 is 0. The minimum Gasteiger partial charge on any atom is -0.440 e. The third-order valence-corrected chi connectivity index (χ3v) is 1.19. The second-order valence-electron chi connectivity index (χ2n) is 2.07. The molecular weight excluding hydrogens is 128 g/mol. The zero-order valence-electron chi connectivity index (χ0n) is 6.38. The average Bonchev–Trinajstić information content (AvgIpc) is 2.13. The molecule has 10 heavy (non-hydrogen) atoms. The summed E-state index contributed by atoms with van der Waals surface area (Å²) in [5.74, 6) is 1.44. The number of aryl methyl sites for hydroxylation is 2. The van der Waals surface area contributed by atoms with E-state index < -0.39 is 0 Å². The molecule has 0 aliphatic carbocycles. The fourth-order valence-corrected chi connectivity index (χ4v) is 0.784. The van der Waals surface area contributed by atoms with Gasteiger partial charge in [-0.15, -0.1) is 0 Å². The van der Waals surface area contributed by atoms with E-state index in [2.05, 4.69) is 9.98 Å². The van der Waals surface area contributed by atoms with Crippen LogP contribution in [0.4, 0.5) is 0 Å². The lowest BCUT2D eigenvalue weighted by atomic mass is 10.4. The molecule has 0 bridgehead atoms. The summed E-state index contributed by atoms with van der Waals surface area (Å²) in [4.78, 5) is 7.89. The zero-order chi connectivity index (χ0) is 7.56. The van der Waals surface area contributed by atoms with Crippen molar-refractivity contribution in [2.24, 2.45) is 4.99 Å². The van der Waals surface area contributed by atoms with E-state index in [0.29, 0.717) is 5.89 Å². The van der Waals surface area contributed by atoms with Crippen LogP contribution in [-0.2, 0) is 0 Å². The topological polar surface area (TPSA) is 38.4 Å². The van der Waals surface area contributed by atoms with Crippen LogP contribution in [0, 0.1) is 13.8 Å². The average molecular weight is 138 g/mol. The number of aromatic nitrogens is 1. The first kappa shape index (κ1) is 6.99. The van der Waals surface area contributed by atoms with Gasteiger partial charge >= 0.3 is 0 Å². The van der Waals surface area contributed by atoms with Gasteiger partial charge in [0.1, 0.15) is 0 Å². The van der Waals surface area contributed by atoms with Crippen molar-refractivity contribution in [3.63, 3.8) is 0 Å². The minimum absolute atomic E-state index is 0.687. The van der Waals surface area contributed by atoms with Crippen molar-refractivity contribution in [3.05, 3.63) is 17.3 Å². The molecule has 1 aromatic heterocycles. The standard InChI is InChI=1S/C7H10N2O/c1-5-7(4-8-3)10-6(2)9-5/h4H,1-3H3. The largest absolute Gasteiger partial charge is 0.440 e. The molecule has 0 aliphatic heterocycles. The van der Waals surface area contributed by atoms with Gasteiger partial charge in [0.15, 0.2) is 11.7 Å². The molecule has 3 nitrogen and oxygen atoms in total. The van der Waals surface area contributed by atoms with E-state index in [1.54, 1.807) is 13.3 Å². The van der Waals surface area contributed by atoms with Crippen molar-refractivity contribution < 1.29 is 4.42 Å². The van der Waals surface area contributed by atoms with Crippen LogP contribution in [0.5, 0.6) is 0 Å². The lowest BCUT2D eigenvalue weighted by Gasteiger charge is -1.81. The minimum atomic E-state index is 0.687. The Kier molecular flexibility index (Phi) is 1.85. The molecule has 1 heterocycles. The molecule has 0 aliphatic rings. The van der Waals surface area contributed by atoms with Gasteiger partial charge in [-0.3, -0.25) is 4.99 Å². The normalized spacial score (nSPS) is 11.1. The van der Waals surface area contributed by atoms with Gasteiger partial charge in [0.2, 0.25) is 0 Å². The second-order valence-corrected chi connectivity index (χ2v) is 2.07. The molecule has 0 unspecified atom stereocenters. The maximum atomic E-state index is 5.19. The molecule has 0 fully saturated rings. The second kappa shape index (κ2) is 2.64. The smallest absolute Gasteiger partial charge is 0.192 e. The van der Waals surface area contributed by atoms with Crippen molar-refractivity contribution in [3.8, 4) is 0 Å². The van der Waals surface area contributed by atoms with Crippen molar-refractivity contribution in [1.29, 1.82) is 0 Å². The number of rotatable bonds is 1. The van der Waals surface area contributed by atoms with E-state index in [1.807, 2.05) is 13.8 Å². The number of nitrogens with zero attached hydrogens (tertiary/aromatic N) is 2. The Morgan fingerprint density at radius 1 is 1.50 bits per heavy atom. The molecule has 0 spiro atoms. The summed E-state index contributed by atoms with van der Waals surface area (Å²) in [6.07, 6.45) is 1.66. The fourth-order valence-electron chi connectivity index (χ4n) is 0.784. The molecule has 0 amide bonds. The molecule has 0 N–H and O–H groups in total. The molecule has 0 atom stereocenters. The first-order valence-electron chi connectivity index (χ1n) is 3.10. The highest BCUT2D eigenvalue weighted by molar-refractivity contribution is 5.76. The summed E-state index contributed by atoms with van der Waals surface area (Å²) in [7, 11) is 1.71. The predicted octanol–water partition coefficient (Wildman–Crippen LogP) is 1.34. The Bertz CT molecular complexity index is 250. The first-order valence-corrected chi connectivity index (χ1v) is 3.10. The summed E-state index contributed by atoms with van der Waals surface area (Å²) in [6, 6.07) is 0. The summed E-state index contributed by atoms with van der Waals surface area (Å²) < 4.78 is 5.19. The van der Waals surface area contributed by atoms with Gasteiger partial charge in [-0.2, -0.15) is 0 Å². The van der Waals surface area contributed by atoms with E-state index in [-0.39, 0.29) is 0 Å². The number of oxazole rings is 1. The Morgan fingerprint density at radius 3 is 2.60 bits per heavy atom. The van der Waals surface area contributed by atoms with Gasteiger partial charge in [0.25, 0.3) is 0 Å². The quantitative estimate of drug-likeness (QED) is 0.549. The van der Waals surface area contributed by atoms with Crippen LogP contribution in [0.2, 0.25) is 0 Å². The van der Waals surface area contributed by atoms with Crippen LogP contribution in [0.15, 0.2) is 9.41 Å². The molecule has 0 radical (unpaired) electrons. The molecule has 3 heteroatoms. The van der Waals surface area contributed by atoms with E-state index in [0.717, 1.165) is 11.5 Å². The van der Waals surface area contributed by atoms with Crippen molar-refractivity contribution >= 4 is 6.21 Å². The van der Waals surface area contributed by atoms with Crippen LogP contribution in [-0.4, -0.2) is 18.2 Å². The Morgan fingerprint density at radius 2 is 2.20 bits per heavy atom. The van der Waals surface area contributed by atoms with Crippen LogP contribution < -0.4 is 0 Å². The van der Waals surface area contributed by atoms with Crippen LogP contribution in [0.25, 0.3) is 0 Å². The van der Waals surface area contributed by atoms with Gasteiger partial charge in [-0.05, 0) is 6.92 Å². The maximum absolute atomic E-state index is 5.19. The van der Waals surface area contributed by atoms with E-state index >= 15 is 0 Å². The van der Waals surface area contributed by atoms with Gasteiger partial charge in [-0.25, -0.2) is 4.98 Å². The number of hydrogen-bond donors (Lipinski definition) is 0. The molecular formula is C7H10N2O.